The third-order valence-corrected chi connectivity index (χ3v) is 9.41. The summed E-state index contributed by atoms with van der Waals surface area (Å²) in [4.78, 5) is 29.1. The van der Waals surface area contributed by atoms with E-state index in [9.17, 15) is 18.0 Å². The van der Waals surface area contributed by atoms with Gasteiger partial charge in [-0.15, -0.1) is 0 Å². The van der Waals surface area contributed by atoms with E-state index < -0.39 is 28.5 Å². The van der Waals surface area contributed by atoms with Crippen molar-refractivity contribution in [3.63, 3.8) is 0 Å². The summed E-state index contributed by atoms with van der Waals surface area (Å²) >= 11 is 9.52. The molecule has 1 atom stereocenters. The monoisotopic (exact) mass is 697 g/mol. The van der Waals surface area contributed by atoms with Crippen LogP contribution in [0.25, 0.3) is 0 Å². The summed E-state index contributed by atoms with van der Waals surface area (Å²) in [5, 5.41) is 3.06. The number of halogens is 2. The number of ether oxygens (including phenoxy) is 1. The number of likely N-dealkylation sites (N-methyl/N-ethyl adjacent to an activating group) is 1. The lowest BCUT2D eigenvalue weighted by Gasteiger charge is -2.33. The zero-order valence-electron chi connectivity index (χ0n) is 24.3. The van der Waals surface area contributed by atoms with Gasteiger partial charge in [-0.1, -0.05) is 70.0 Å². The normalized spacial score (nSPS) is 11.8. The number of anilines is 1. The van der Waals surface area contributed by atoms with E-state index in [1.807, 2.05) is 61.5 Å². The lowest BCUT2D eigenvalue weighted by molar-refractivity contribution is -0.139. The standard InChI is InChI=1S/C33H33BrClN3O5S/c1-3-43-29-16-14-28(15-17-29)38(44(41,42)30-18-12-27(35)13-19-30)23-32(39)37(22-25-10-7-11-26(34)20-25)31(33(40)36-2)21-24-8-5-4-6-9-24/h4-20,31H,3,21-23H2,1-2H3,(H,36,40)/t31-/m0/s1. The SMILES string of the molecule is CCOc1ccc(N(CC(=O)N(Cc2cccc(Br)c2)[C@@H](Cc2ccccc2)C(=O)NC)S(=O)(=O)c2ccc(Cl)cc2)cc1. The zero-order chi connectivity index (χ0) is 31.7. The Bertz CT molecular complexity index is 1670. The van der Waals surface area contributed by atoms with Crippen LogP contribution in [0.15, 0.2) is 112 Å². The van der Waals surface area contributed by atoms with E-state index in [0.717, 1.165) is 19.9 Å². The van der Waals surface area contributed by atoms with E-state index in [0.29, 0.717) is 17.4 Å². The number of nitrogens with zero attached hydrogens (tertiary/aromatic N) is 2. The van der Waals surface area contributed by atoms with Gasteiger partial charge < -0.3 is 15.0 Å². The Hall–Kier alpha value is -3.86. The van der Waals surface area contributed by atoms with Crippen LogP contribution in [0.4, 0.5) is 5.69 Å². The quantitative estimate of drug-likeness (QED) is 0.183. The molecule has 0 aromatic heterocycles. The van der Waals surface area contributed by atoms with Gasteiger partial charge >= 0.3 is 0 Å². The Labute approximate surface area is 271 Å². The first-order valence-electron chi connectivity index (χ1n) is 13.9. The smallest absolute Gasteiger partial charge is 0.264 e. The summed E-state index contributed by atoms with van der Waals surface area (Å²) in [7, 11) is -2.72. The summed E-state index contributed by atoms with van der Waals surface area (Å²) in [6, 6.07) is 28.1. The summed E-state index contributed by atoms with van der Waals surface area (Å²) < 4.78 is 35.5. The van der Waals surface area contributed by atoms with Crippen LogP contribution in [0.3, 0.4) is 0 Å². The van der Waals surface area contributed by atoms with Crippen molar-refractivity contribution in [1.82, 2.24) is 10.2 Å². The number of carbonyl (C=O) groups is 2. The molecule has 0 radical (unpaired) electrons. The molecule has 0 aliphatic carbocycles. The molecule has 4 aromatic rings. The molecule has 0 spiro atoms. The van der Waals surface area contributed by atoms with E-state index in [-0.39, 0.29) is 29.5 Å². The number of carbonyl (C=O) groups excluding carboxylic acids is 2. The molecule has 0 saturated carbocycles. The average molecular weight is 699 g/mol. The maximum atomic E-state index is 14.4. The van der Waals surface area contributed by atoms with Gasteiger partial charge in [0.15, 0.2) is 0 Å². The molecule has 2 amide bonds. The molecule has 0 unspecified atom stereocenters. The van der Waals surface area contributed by atoms with Crippen molar-refractivity contribution in [2.45, 2.75) is 30.8 Å². The van der Waals surface area contributed by atoms with Crippen LogP contribution in [-0.2, 0) is 32.6 Å². The van der Waals surface area contributed by atoms with Crippen molar-refractivity contribution in [2.24, 2.45) is 0 Å². The van der Waals surface area contributed by atoms with Gasteiger partial charge in [-0.05, 0) is 78.7 Å². The lowest BCUT2D eigenvalue weighted by atomic mass is 10.0. The molecule has 11 heteroatoms. The average Bonchev–Trinajstić information content (AvgIpc) is 3.02. The van der Waals surface area contributed by atoms with Gasteiger partial charge in [-0.3, -0.25) is 13.9 Å². The van der Waals surface area contributed by atoms with E-state index in [2.05, 4.69) is 21.2 Å². The number of hydrogen-bond donors (Lipinski definition) is 1. The van der Waals surface area contributed by atoms with Gasteiger partial charge in [0, 0.05) is 29.5 Å². The highest BCUT2D eigenvalue weighted by molar-refractivity contribution is 9.10. The highest BCUT2D eigenvalue weighted by atomic mass is 79.9. The summed E-state index contributed by atoms with van der Waals surface area (Å²) in [5.41, 5.74) is 1.88. The zero-order valence-corrected chi connectivity index (χ0v) is 27.5. The number of benzene rings is 4. The molecule has 0 bridgehead atoms. The molecular formula is C33H33BrClN3O5S. The fourth-order valence-corrected chi connectivity index (χ4v) is 6.68. The predicted molar refractivity (Wildman–Crippen MR) is 176 cm³/mol. The van der Waals surface area contributed by atoms with Crippen molar-refractivity contribution in [3.8, 4) is 5.75 Å². The minimum Gasteiger partial charge on any atom is -0.494 e. The van der Waals surface area contributed by atoms with E-state index in [4.69, 9.17) is 16.3 Å². The van der Waals surface area contributed by atoms with Crippen LogP contribution >= 0.6 is 27.5 Å². The maximum absolute atomic E-state index is 14.4. The molecule has 8 nitrogen and oxygen atoms in total. The van der Waals surface area contributed by atoms with Crippen LogP contribution < -0.4 is 14.4 Å². The second kappa shape index (κ2) is 15.2. The molecule has 4 aromatic carbocycles. The molecule has 0 heterocycles. The number of nitrogens with one attached hydrogen (secondary N) is 1. The van der Waals surface area contributed by atoms with Gasteiger partial charge in [0.25, 0.3) is 10.0 Å². The minimum atomic E-state index is -4.24. The molecule has 0 saturated heterocycles. The Morgan fingerprint density at radius 3 is 2.18 bits per heavy atom. The Morgan fingerprint density at radius 2 is 1.57 bits per heavy atom. The van der Waals surface area contributed by atoms with Crippen molar-refractivity contribution in [3.05, 3.63) is 124 Å². The van der Waals surface area contributed by atoms with Gasteiger partial charge in [0.2, 0.25) is 11.8 Å². The first-order chi connectivity index (χ1) is 21.1. The topological polar surface area (TPSA) is 96.0 Å². The van der Waals surface area contributed by atoms with Gasteiger partial charge in [0.1, 0.15) is 18.3 Å². The fourth-order valence-electron chi connectivity index (χ4n) is 4.69. The minimum absolute atomic E-state index is 0.0331. The molecule has 44 heavy (non-hydrogen) atoms. The molecule has 230 valence electrons. The number of sulfonamides is 1. The number of rotatable bonds is 13. The summed E-state index contributed by atoms with van der Waals surface area (Å²) in [5.74, 6) is -0.364. The lowest BCUT2D eigenvalue weighted by Crippen LogP contribution is -2.53. The van der Waals surface area contributed by atoms with Crippen molar-refractivity contribution < 1.29 is 22.7 Å². The molecule has 0 aliphatic heterocycles. The van der Waals surface area contributed by atoms with E-state index in [1.54, 1.807) is 24.3 Å². The highest BCUT2D eigenvalue weighted by Crippen LogP contribution is 2.28. The van der Waals surface area contributed by atoms with Crippen molar-refractivity contribution in [1.29, 1.82) is 0 Å². The van der Waals surface area contributed by atoms with Gasteiger partial charge in [-0.2, -0.15) is 0 Å². The summed E-state index contributed by atoms with van der Waals surface area (Å²) in [6.07, 6.45) is 0.229. The van der Waals surface area contributed by atoms with Gasteiger partial charge in [0.05, 0.1) is 17.2 Å². The number of hydrogen-bond acceptors (Lipinski definition) is 5. The van der Waals surface area contributed by atoms with E-state index in [1.165, 1.54) is 36.2 Å². The molecule has 0 aliphatic rings. The van der Waals surface area contributed by atoms with Crippen LogP contribution in [0, 0.1) is 0 Å². The van der Waals surface area contributed by atoms with Gasteiger partial charge in [-0.25, -0.2) is 8.42 Å². The largest absolute Gasteiger partial charge is 0.494 e. The van der Waals surface area contributed by atoms with Crippen LogP contribution in [0.2, 0.25) is 5.02 Å². The third kappa shape index (κ3) is 8.40. The molecular weight excluding hydrogens is 666 g/mol. The third-order valence-electron chi connectivity index (χ3n) is 6.88. The molecule has 1 N–H and O–H groups in total. The first-order valence-corrected chi connectivity index (χ1v) is 16.5. The predicted octanol–water partition coefficient (Wildman–Crippen LogP) is 6.08. The van der Waals surface area contributed by atoms with Crippen LogP contribution in [0.1, 0.15) is 18.1 Å². The Morgan fingerprint density at radius 1 is 0.909 bits per heavy atom. The summed E-state index contributed by atoms with van der Waals surface area (Å²) in [6.45, 7) is 1.80. The molecule has 4 rings (SSSR count). The number of amides is 2. The van der Waals surface area contributed by atoms with Crippen molar-refractivity contribution in [2.75, 3.05) is 24.5 Å². The molecule has 0 fully saturated rings. The maximum Gasteiger partial charge on any atom is 0.264 e. The Kier molecular flexibility index (Phi) is 11.4. The van der Waals surface area contributed by atoms with Crippen LogP contribution in [-0.4, -0.2) is 51.4 Å². The Balaban J connectivity index is 1.78. The van der Waals surface area contributed by atoms with Crippen molar-refractivity contribution >= 4 is 55.1 Å². The van der Waals surface area contributed by atoms with Crippen LogP contribution in [0.5, 0.6) is 5.75 Å². The first kappa shape index (κ1) is 33.0. The van der Waals surface area contributed by atoms with E-state index >= 15 is 0 Å². The highest BCUT2D eigenvalue weighted by Gasteiger charge is 2.34. The second-order valence-electron chi connectivity index (χ2n) is 9.86. The fraction of sp³-hybridized carbons (Fsp3) is 0.212. The second-order valence-corrected chi connectivity index (χ2v) is 13.1.